The van der Waals surface area contributed by atoms with Crippen molar-refractivity contribution in [3.05, 3.63) is 52.8 Å². The molecule has 1 aromatic carbocycles. The highest BCUT2D eigenvalue weighted by Crippen LogP contribution is 2.29. The lowest BCUT2D eigenvalue weighted by atomic mass is 10.2. The number of rotatable bonds is 6. The summed E-state index contributed by atoms with van der Waals surface area (Å²) in [6, 6.07) is 6.94. The lowest BCUT2D eigenvalue weighted by molar-refractivity contribution is 0.269. The Labute approximate surface area is 128 Å². The van der Waals surface area contributed by atoms with Crippen molar-refractivity contribution >= 4 is 17.4 Å². The first-order valence-corrected chi connectivity index (χ1v) is 6.82. The van der Waals surface area contributed by atoms with E-state index in [1.807, 2.05) is 6.92 Å². The van der Waals surface area contributed by atoms with Crippen LogP contribution in [-0.4, -0.2) is 17.4 Å². The molecule has 0 amide bonds. The zero-order valence-corrected chi connectivity index (χ0v) is 12.4. The van der Waals surface area contributed by atoms with Crippen molar-refractivity contribution in [2.24, 2.45) is 5.73 Å². The van der Waals surface area contributed by atoms with Crippen LogP contribution in [0.2, 0.25) is 5.02 Å². The number of halogens is 1. The van der Waals surface area contributed by atoms with Crippen LogP contribution in [0.25, 0.3) is 0 Å². The fraction of sp³-hybridized carbons (Fsp3) is 0.200. The number of hydrogen-bond acceptors (Lipinski definition) is 4. The van der Waals surface area contributed by atoms with E-state index >= 15 is 0 Å². The molecule has 21 heavy (non-hydrogen) atoms. The largest absolute Gasteiger partial charge is 0.490 e. The Morgan fingerprint density at radius 3 is 2.76 bits per heavy atom. The lowest BCUT2D eigenvalue weighted by Gasteiger charge is -2.13. The first-order valence-electron chi connectivity index (χ1n) is 6.44. The van der Waals surface area contributed by atoms with Crippen LogP contribution < -0.4 is 15.2 Å². The molecular weight excluding hydrogens is 290 g/mol. The molecule has 6 heteroatoms. The summed E-state index contributed by atoms with van der Waals surface area (Å²) in [4.78, 5) is 3.93. The van der Waals surface area contributed by atoms with Gasteiger partial charge in [0.15, 0.2) is 11.5 Å². The first kappa shape index (κ1) is 15.1. The van der Waals surface area contributed by atoms with Gasteiger partial charge in [-0.1, -0.05) is 11.6 Å². The molecule has 0 spiro atoms. The van der Waals surface area contributed by atoms with Gasteiger partial charge in [0.1, 0.15) is 12.4 Å². The van der Waals surface area contributed by atoms with Crippen LogP contribution in [0.3, 0.4) is 0 Å². The van der Waals surface area contributed by atoms with Gasteiger partial charge in [0.05, 0.1) is 11.6 Å². The maximum absolute atomic E-state index is 7.46. The van der Waals surface area contributed by atoms with Crippen LogP contribution in [0.1, 0.15) is 18.1 Å². The molecule has 0 fully saturated rings. The molecule has 0 aliphatic carbocycles. The van der Waals surface area contributed by atoms with Crippen LogP contribution in [-0.2, 0) is 6.61 Å². The zero-order valence-electron chi connectivity index (χ0n) is 11.6. The van der Waals surface area contributed by atoms with E-state index in [9.17, 15) is 0 Å². The summed E-state index contributed by atoms with van der Waals surface area (Å²) in [6.45, 7) is 2.68. The van der Waals surface area contributed by atoms with Crippen molar-refractivity contribution < 1.29 is 9.47 Å². The molecule has 5 nitrogen and oxygen atoms in total. The predicted octanol–water partition coefficient (Wildman–Crippen LogP) is 3.00. The Morgan fingerprint density at radius 2 is 2.10 bits per heavy atom. The molecule has 0 aliphatic rings. The maximum atomic E-state index is 7.46. The number of pyridine rings is 1. The second-order valence-electron chi connectivity index (χ2n) is 4.26. The fourth-order valence-corrected chi connectivity index (χ4v) is 1.91. The van der Waals surface area contributed by atoms with Crippen LogP contribution in [0.15, 0.2) is 36.7 Å². The summed E-state index contributed by atoms with van der Waals surface area (Å²) in [5, 5.41) is 8.01. The molecule has 0 saturated heterocycles. The lowest BCUT2D eigenvalue weighted by Crippen LogP contribution is -2.11. The fourth-order valence-electron chi connectivity index (χ4n) is 1.74. The molecule has 1 aromatic heterocycles. The van der Waals surface area contributed by atoms with E-state index in [0.29, 0.717) is 35.3 Å². The van der Waals surface area contributed by atoms with E-state index in [0.717, 1.165) is 5.56 Å². The van der Waals surface area contributed by atoms with E-state index < -0.39 is 0 Å². The Hall–Kier alpha value is -2.27. The molecule has 1 heterocycles. The molecule has 0 unspecified atom stereocenters. The van der Waals surface area contributed by atoms with E-state index in [1.165, 1.54) is 0 Å². The van der Waals surface area contributed by atoms with Crippen molar-refractivity contribution in [2.75, 3.05) is 6.61 Å². The predicted molar refractivity (Wildman–Crippen MR) is 82.2 cm³/mol. The van der Waals surface area contributed by atoms with Gasteiger partial charge in [-0.3, -0.25) is 10.4 Å². The minimum atomic E-state index is -0.0142. The van der Waals surface area contributed by atoms with Crippen LogP contribution in [0, 0.1) is 5.41 Å². The van der Waals surface area contributed by atoms with E-state index in [-0.39, 0.29) is 5.84 Å². The number of amidine groups is 1. The molecule has 110 valence electrons. The number of nitrogens with zero attached hydrogens (tertiary/aromatic N) is 1. The van der Waals surface area contributed by atoms with Gasteiger partial charge in [0.2, 0.25) is 0 Å². The quantitative estimate of drug-likeness (QED) is 0.635. The van der Waals surface area contributed by atoms with Crippen LogP contribution >= 0.6 is 11.6 Å². The van der Waals surface area contributed by atoms with Gasteiger partial charge in [-0.05, 0) is 31.2 Å². The van der Waals surface area contributed by atoms with Crippen LogP contribution in [0.4, 0.5) is 0 Å². The summed E-state index contributed by atoms with van der Waals surface area (Å²) in [5.41, 5.74) is 6.90. The second-order valence-corrected chi connectivity index (χ2v) is 4.67. The molecule has 0 radical (unpaired) electrons. The van der Waals surface area contributed by atoms with E-state index in [1.54, 1.807) is 36.7 Å². The van der Waals surface area contributed by atoms with Gasteiger partial charge in [-0.25, -0.2) is 0 Å². The van der Waals surface area contributed by atoms with Crippen molar-refractivity contribution in [1.82, 2.24) is 4.98 Å². The third-order valence-electron chi connectivity index (χ3n) is 2.79. The van der Waals surface area contributed by atoms with Gasteiger partial charge in [-0.15, -0.1) is 0 Å². The number of ether oxygens (including phenoxy) is 2. The van der Waals surface area contributed by atoms with Crippen LogP contribution in [0.5, 0.6) is 11.5 Å². The first-order chi connectivity index (χ1) is 10.1. The number of aromatic nitrogens is 1. The summed E-state index contributed by atoms with van der Waals surface area (Å²) in [7, 11) is 0. The summed E-state index contributed by atoms with van der Waals surface area (Å²) >= 11 is 6.04. The molecule has 0 saturated carbocycles. The van der Waals surface area contributed by atoms with Crippen molar-refractivity contribution in [1.29, 1.82) is 5.41 Å². The van der Waals surface area contributed by atoms with Gasteiger partial charge in [0, 0.05) is 23.5 Å². The Balaban J connectivity index is 2.19. The SMILES string of the molecule is CCOc1cc(C(=N)N)ccc1OCc1ccncc1Cl. The monoisotopic (exact) mass is 305 g/mol. The highest BCUT2D eigenvalue weighted by atomic mass is 35.5. The molecule has 3 N–H and O–H groups in total. The Kier molecular flexibility index (Phi) is 5.00. The summed E-state index contributed by atoms with van der Waals surface area (Å²) in [5.74, 6) is 1.12. The Bertz CT molecular complexity index is 647. The molecular formula is C15H16ClN3O2. The molecule has 0 atom stereocenters. The number of nitrogens with two attached hydrogens (primary N) is 1. The summed E-state index contributed by atoms with van der Waals surface area (Å²) in [6.07, 6.45) is 3.23. The normalized spacial score (nSPS) is 10.2. The minimum absolute atomic E-state index is 0.0142. The second kappa shape index (κ2) is 6.95. The average molecular weight is 306 g/mol. The van der Waals surface area contributed by atoms with E-state index in [4.69, 9.17) is 32.2 Å². The van der Waals surface area contributed by atoms with Gasteiger partial charge < -0.3 is 15.2 Å². The third kappa shape index (κ3) is 3.86. The zero-order chi connectivity index (χ0) is 15.2. The van der Waals surface area contributed by atoms with Crippen molar-refractivity contribution in [2.45, 2.75) is 13.5 Å². The molecule has 2 aromatic rings. The van der Waals surface area contributed by atoms with Gasteiger partial charge in [-0.2, -0.15) is 0 Å². The van der Waals surface area contributed by atoms with E-state index in [2.05, 4.69) is 4.98 Å². The molecule has 0 bridgehead atoms. The smallest absolute Gasteiger partial charge is 0.161 e. The maximum Gasteiger partial charge on any atom is 0.161 e. The highest BCUT2D eigenvalue weighted by Gasteiger charge is 2.09. The number of nitrogens with one attached hydrogen (secondary N) is 1. The Morgan fingerprint density at radius 1 is 1.29 bits per heavy atom. The standard InChI is InChI=1S/C15H16ClN3O2/c1-2-20-14-7-10(15(17)18)3-4-13(14)21-9-11-5-6-19-8-12(11)16/h3-8H,2,9H2,1H3,(H3,17,18). The topological polar surface area (TPSA) is 81.2 Å². The number of nitrogen functional groups attached to an aromatic ring is 1. The van der Waals surface area contributed by atoms with Crippen molar-refractivity contribution in [3.8, 4) is 11.5 Å². The summed E-state index contributed by atoms with van der Waals surface area (Å²) < 4.78 is 11.3. The highest BCUT2D eigenvalue weighted by molar-refractivity contribution is 6.31. The molecule has 2 rings (SSSR count). The molecule has 0 aliphatic heterocycles. The van der Waals surface area contributed by atoms with Crippen molar-refractivity contribution in [3.63, 3.8) is 0 Å². The number of benzene rings is 1. The minimum Gasteiger partial charge on any atom is -0.490 e. The third-order valence-corrected chi connectivity index (χ3v) is 3.13. The van der Waals surface area contributed by atoms with Gasteiger partial charge >= 0.3 is 0 Å². The number of hydrogen-bond donors (Lipinski definition) is 2. The average Bonchev–Trinajstić information content (AvgIpc) is 2.47. The van der Waals surface area contributed by atoms with Gasteiger partial charge in [0.25, 0.3) is 0 Å².